The van der Waals surface area contributed by atoms with Gasteiger partial charge in [0.2, 0.25) is 0 Å². The highest BCUT2D eigenvalue weighted by molar-refractivity contribution is 5.79. The monoisotopic (exact) mass is 446 g/mol. The Bertz CT molecular complexity index is 1150. The molecular weight excluding hydrogens is 420 g/mol. The van der Waals surface area contributed by atoms with Gasteiger partial charge in [0.15, 0.2) is 11.5 Å². The summed E-state index contributed by atoms with van der Waals surface area (Å²) in [7, 11) is 0. The van der Waals surface area contributed by atoms with Crippen LogP contribution in [0.4, 0.5) is 0 Å². The van der Waals surface area contributed by atoms with E-state index in [1.807, 2.05) is 62.4 Å². The number of rotatable bonds is 9. The van der Waals surface area contributed by atoms with E-state index in [9.17, 15) is 9.90 Å². The van der Waals surface area contributed by atoms with Crippen LogP contribution in [0, 0.1) is 0 Å². The maximum absolute atomic E-state index is 11.9. The Hall–Kier alpha value is -3.93. The number of aromatic hydroxyl groups is 1. The third-order valence-corrected chi connectivity index (χ3v) is 5.20. The molecule has 0 radical (unpaired) electrons. The molecule has 3 aromatic carbocycles. The maximum atomic E-state index is 11.9. The first kappa shape index (κ1) is 22.3. The highest BCUT2D eigenvalue weighted by Crippen LogP contribution is 2.45. The molecular formula is C27H26O6. The molecule has 1 unspecified atom stereocenters. The summed E-state index contributed by atoms with van der Waals surface area (Å²) in [4.78, 5) is 11.9. The number of aldehydes is 1. The maximum Gasteiger partial charge on any atom is 0.161 e. The van der Waals surface area contributed by atoms with Crippen molar-refractivity contribution in [2.45, 2.75) is 26.4 Å². The van der Waals surface area contributed by atoms with Crippen molar-refractivity contribution < 1.29 is 28.8 Å². The lowest BCUT2D eigenvalue weighted by atomic mass is 9.94. The van der Waals surface area contributed by atoms with E-state index in [1.165, 1.54) is 6.07 Å². The van der Waals surface area contributed by atoms with Gasteiger partial charge in [-0.3, -0.25) is 0 Å². The van der Waals surface area contributed by atoms with E-state index in [0.717, 1.165) is 17.4 Å². The summed E-state index contributed by atoms with van der Waals surface area (Å²) in [5.74, 6) is 1.84. The van der Waals surface area contributed by atoms with Gasteiger partial charge in [0.25, 0.3) is 0 Å². The fourth-order valence-electron chi connectivity index (χ4n) is 3.70. The van der Waals surface area contributed by atoms with Crippen LogP contribution in [-0.4, -0.2) is 24.6 Å². The van der Waals surface area contributed by atoms with E-state index in [0.29, 0.717) is 54.1 Å². The Kier molecular flexibility index (Phi) is 6.83. The van der Waals surface area contributed by atoms with Gasteiger partial charge >= 0.3 is 0 Å². The summed E-state index contributed by atoms with van der Waals surface area (Å²) in [6.07, 6.45) is 2.47. The minimum Gasteiger partial charge on any atom is -0.507 e. The number of benzene rings is 3. The zero-order valence-corrected chi connectivity index (χ0v) is 18.6. The first-order valence-corrected chi connectivity index (χ1v) is 10.9. The van der Waals surface area contributed by atoms with Crippen LogP contribution in [0.15, 0.2) is 66.7 Å². The van der Waals surface area contributed by atoms with Crippen LogP contribution in [0.5, 0.6) is 28.7 Å². The van der Waals surface area contributed by atoms with Crippen LogP contribution < -0.4 is 18.9 Å². The molecule has 0 aromatic heterocycles. The molecule has 1 atom stereocenters. The number of phenolic OH excluding ortho intramolecular Hbond substituents is 1. The average Bonchev–Trinajstić information content (AvgIpc) is 2.84. The third-order valence-electron chi connectivity index (χ3n) is 5.20. The Morgan fingerprint density at radius 1 is 0.939 bits per heavy atom. The van der Waals surface area contributed by atoms with Crippen LogP contribution in [0.25, 0.3) is 5.76 Å². The number of ether oxygens (including phenoxy) is 4. The first-order chi connectivity index (χ1) is 16.1. The van der Waals surface area contributed by atoms with Gasteiger partial charge < -0.3 is 28.8 Å². The number of hydrogen-bond acceptors (Lipinski definition) is 6. The summed E-state index contributed by atoms with van der Waals surface area (Å²) in [6, 6.07) is 18.4. The van der Waals surface area contributed by atoms with Gasteiger partial charge in [0, 0.05) is 17.7 Å². The summed E-state index contributed by atoms with van der Waals surface area (Å²) >= 11 is 0. The van der Waals surface area contributed by atoms with Crippen LogP contribution >= 0.6 is 0 Å². The molecule has 0 spiro atoms. The second-order valence-corrected chi connectivity index (χ2v) is 7.45. The lowest BCUT2D eigenvalue weighted by molar-refractivity contribution is -0.108. The van der Waals surface area contributed by atoms with E-state index in [4.69, 9.17) is 18.9 Å². The van der Waals surface area contributed by atoms with Crippen molar-refractivity contribution in [3.63, 3.8) is 0 Å². The molecule has 0 fully saturated rings. The van der Waals surface area contributed by atoms with E-state index < -0.39 is 5.92 Å². The SMILES string of the molecule is CCOc1ccc(C2=CC(C=O)c3c(O)cc(OCc4ccccc4)cc3O2)cc1OCC. The van der Waals surface area contributed by atoms with Gasteiger partial charge in [0.05, 0.1) is 24.7 Å². The third kappa shape index (κ3) is 4.95. The summed E-state index contributed by atoms with van der Waals surface area (Å²) in [5.41, 5.74) is 2.14. The van der Waals surface area contributed by atoms with Crippen molar-refractivity contribution in [3.05, 3.63) is 83.4 Å². The second kappa shape index (κ2) is 10.1. The molecule has 1 aliphatic heterocycles. The number of carbonyl (C=O) groups excluding carboxylic acids is 1. The molecule has 0 saturated carbocycles. The summed E-state index contributed by atoms with van der Waals surface area (Å²) in [6.45, 7) is 5.15. The predicted octanol–water partition coefficient (Wildman–Crippen LogP) is 5.48. The van der Waals surface area contributed by atoms with Gasteiger partial charge in [-0.05, 0) is 43.7 Å². The summed E-state index contributed by atoms with van der Waals surface area (Å²) < 4.78 is 23.3. The molecule has 170 valence electrons. The topological polar surface area (TPSA) is 74.2 Å². The quantitative estimate of drug-likeness (QED) is 0.439. The van der Waals surface area contributed by atoms with Gasteiger partial charge in [-0.15, -0.1) is 0 Å². The average molecular weight is 446 g/mol. The normalized spacial score (nSPS) is 14.5. The smallest absolute Gasteiger partial charge is 0.161 e. The van der Waals surface area contributed by atoms with Crippen LogP contribution in [0.3, 0.4) is 0 Å². The van der Waals surface area contributed by atoms with Crippen molar-refractivity contribution >= 4 is 12.0 Å². The van der Waals surface area contributed by atoms with Crippen LogP contribution in [0.2, 0.25) is 0 Å². The fraction of sp³-hybridized carbons (Fsp3) is 0.222. The zero-order valence-electron chi connectivity index (χ0n) is 18.6. The molecule has 0 aliphatic carbocycles. The zero-order chi connectivity index (χ0) is 23.2. The molecule has 1 aliphatic rings. The van der Waals surface area contributed by atoms with Gasteiger partial charge in [-0.2, -0.15) is 0 Å². The number of carbonyl (C=O) groups is 1. The molecule has 1 N–H and O–H groups in total. The van der Waals surface area contributed by atoms with E-state index in [-0.39, 0.29) is 5.75 Å². The highest BCUT2D eigenvalue weighted by atomic mass is 16.5. The number of hydrogen-bond donors (Lipinski definition) is 1. The van der Waals surface area contributed by atoms with Gasteiger partial charge in [0.1, 0.15) is 35.9 Å². The number of allylic oxidation sites excluding steroid dienone is 1. The Balaban J connectivity index is 1.64. The molecule has 0 saturated heterocycles. The fourth-order valence-corrected chi connectivity index (χ4v) is 3.70. The Morgan fingerprint density at radius 3 is 2.42 bits per heavy atom. The molecule has 1 heterocycles. The number of phenols is 1. The van der Waals surface area contributed by atoms with Crippen molar-refractivity contribution in [1.82, 2.24) is 0 Å². The standard InChI is InChI=1S/C27H26O6/c1-3-30-23-11-10-19(12-25(23)31-4-2)24-13-20(16-28)27-22(29)14-21(15-26(27)33-24)32-17-18-8-6-5-7-9-18/h5-16,20,29H,3-4,17H2,1-2H3. The Labute approximate surface area is 193 Å². The molecule has 33 heavy (non-hydrogen) atoms. The highest BCUT2D eigenvalue weighted by Gasteiger charge is 2.27. The van der Waals surface area contributed by atoms with E-state index in [1.54, 1.807) is 12.1 Å². The molecule has 6 nitrogen and oxygen atoms in total. The van der Waals surface area contributed by atoms with Crippen LogP contribution in [0.1, 0.15) is 36.5 Å². The first-order valence-electron chi connectivity index (χ1n) is 10.9. The van der Waals surface area contributed by atoms with Crippen molar-refractivity contribution in [2.75, 3.05) is 13.2 Å². The second-order valence-electron chi connectivity index (χ2n) is 7.45. The van der Waals surface area contributed by atoms with Crippen molar-refractivity contribution in [1.29, 1.82) is 0 Å². The lowest BCUT2D eigenvalue weighted by Crippen LogP contribution is -2.11. The molecule has 0 amide bonds. The van der Waals surface area contributed by atoms with Gasteiger partial charge in [-0.25, -0.2) is 0 Å². The lowest BCUT2D eigenvalue weighted by Gasteiger charge is -2.24. The molecule has 0 bridgehead atoms. The van der Waals surface area contributed by atoms with Crippen molar-refractivity contribution in [3.8, 4) is 28.7 Å². The largest absolute Gasteiger partial charge is 0.507 e. The minimum absolute atomic E-state index is 0.0512. The van der Waals surface area contributed by atoms with Crippen molar-refractivity contribution in [2.24, 2.45) is 0 Å². The summed E-state index contributed by atoms with van der Waals surface area (Å²) in [5, 5.41) is 10.6. The molecule has 4 rings (SSSR count). The molecule has 3 aromatic rings. The van der Waals surface area contributed by atoms with E-state index in [2.05, 4.69) is 0 Å². The molecule has 6 heteroatoms. The van der Waals surface area contributed by atoms with E-state index >= 15 is 0 Å². The van der Waals surface area contributed by atoms with Gasteiger partial charge in [-0.1, -0.05) is 30.3 Å². The Morgan fingerprint density at radius 2 is 1.70 bits per heavy atom. The predicted molar refractivity (Wildman–Crippen MR) is 125 cm³/mol. The number of fused-ring (bicyclic) bond motifs is 1. The minimum atomic E-state index is -0.658. The van der Waals surface area contributed by atoms with Crippen LogP contribution in [-0.2, 0) is 11.4 Å².